The van der Waals surface area contributed by atoms with Gasteiger partial charge in [-0.05, 0) is 71.8 Å². The summed E-state index contributed by atoms with van der Waals surface area (Å²) in [6.45, 7) is 6.22. The molecule has 218 valence electrons. The fraction of sp³-hybridized carbons (Fsp3) is 0.242. The van der Waals surface area contributed by atoms with Crippen LogP contribution in [0.15, 0.2) is 78.9 Å². The summed E-state index contributed by atoms with van der Waals surface area (Å²) in [6, 6.07) is 24.4. The highest BCUT2D eigenvalue weighted by atomic mass is 16.5. The first-order chi connectivity index (χ1) is 20.2. The van der Waals surface area contributed by atoms with E-state index in [9.17, 15) is 14.4 Å². The molecule has 9 nitrogen and oxygen atoms in total. The molecule has 9 heteroatoms. The number of anilines is 3. The lowest BCUT2D eigenvalue weighted by atomic mass is 9.97. The summed E-state index contributed by atoms with van der Waals surface area (Å²) in [4.78, 5) is 35.5. The van der Waals surface area contributed by atoms with Crippen molar-refractivity contribution in [3.8, 4) is 0 Å². The van der Waals surface area contributed by atoms with Crippen molar-refractivity contribution in [3.63, 3.8) is 0 Å². The first kappa shape index (κ1) is 29.9. The number of carbonyl (C=O) groups excluding carboxylic acids is 3. The van der Waals surface area contributed by atoms with E-state index in [0.717, 1.165) is 44.4 Å². The van der Waals surface area contributed by atoms with Crippen LogP contribution in [0.2, 0.25) is 0 Å². The van der Waals surface area contributed by atoms with Crippen molar-refractivity contribution >= 4 is 45.8 Å². The minimum atomic E-state index is -0.608. The number of benzene rings is 4. The maximum absolute atomic E-state index is 13.5. The van der Waals surface area contributed by atoms with Crippen LogP contribution in [0.4, 0.5) is 21.9 Å². The molecule has 6 rings (SSSR count). The largest absolute Gasteiger partial charge is 0.466 e. The molecule has 42 heavy (non-hydrogen) atoms. The van der Waals surface area contributed by atoms with Gasteiger partial charge in [-0.1, -0.05) is 48.5 Å². The van der Waals surface area contributed by atoms with Crippen molar-refractivity contribution in [2.24, 2.45) is 0 Å². The summed E-state index contributed by atoms with van der Waals surface area (Å²) in [5, 5.41) is 11.2. The van der Waals surface area contributed by atoms with E-state index in [1.807, 2.05) is 79.7 Å². The van der Waals surface area contributed by atoms with Crippen molar-refractivity contribution in [1.29, 1.82) is 0 Å². The predicted molar refractivity (Wildman–Crippen MR) is 165 cm³/mol. The molecule has 2 heterocycles. The third-order valence-corrected chi connectivity index (χ3v) is 6.78. The van der Waals surface area contributed by atoms with E-state index in [1.54, 1.807) is 13.0 Å². The monoisotopic (exact) mass is 568 g/mol. The number of nitrogens with two attached hydrogens (primary N) is 1. The van der Waals surface area contributed by atoms with Gasteiger partial charge in [0, 0.05) is 42.3 Å². The first-order valence-corrected chi connectivity index (χ1v) is 13.8. The Morgan fingerprint density at radius 3 is 2.60 bits per heavy atom. The van der Waals surface area contributed by atoms with Gasteiger partial charge in [0.1, 0.15) is 6.04 Å². The SMILES string of the molecule is CCOC(C)=O.Cc1cc2ccc1CCOC(=O)Nc1cccc(c1)CNC(=O)C2Nc1ccc2c(N)cccc2c1. The highest BCUT2D eigenvalue weighted by molar-refractivity contribution is 5.95. The van der Waals surface area contributed by atoms with Crippen LogP contribution in [-0.2, 0) is 32.0 Å². The lowest BCUT2D eigenvalue weighted by Crippen LogP contribution is -2.33. The zero-order valence-electron chi connectivity index (χ0n) is 24.0. The van der Waals surface area contributed by atoms with Crippen LogP contribution in [-0.4, -0.2) is 31.2 Å². The van der Waals surface area contributed by atoms with Crippen molar-refractivity contribution in [2.75, 3.05) is 29.6 Å². The van der Waals surface area contributed by atoms with Gasteiger partial charge in [0.2, 0.25) is 5.91 Å². The molecule has 4 aromatic carbocycles. The van der Waals surface area contributed by atoms with Gasteiger partial charge in [-0.15, -0.1) is 0 Å². The van der Waals surface area contributed by atoms with Crippen LogP contribution in [0, 0.1) is 6.92 Å². The zero-order chi connectivity index (χ0) is 30.1. The number of carbonyl (C=O) groups is 3. The van der Waals surface area contributed by atoms with E-state index in [2.05, 4.69) is 20.7 Å². The third-order valence-electron chi connectivity index (χ3n) is 6.78. The number of esters is 1. The van der Waals surface area contributed by atoms with Gasteiger partial charge >= 0.3 is 12.1 Å². The van der Waals surface area contributed by atoms with Crippen LogP contribution >= 0.6 is 0 Å². The Labute approximate surface area is 245 Å². The smallest absolute Gasteiger partial charge is 0.411 e. The summed E-state index contributed by atoms with van der Waals surface area (Å²) in [7, 11) is 0. The summed E-state index contributed by atoms with van der Waals surface area (Å²) < 4.78 is 9.77. The minimum absolute atomic E-state index is 0.153. The molecule has 2 aliphatic rings. The topological polar surface area (TPSA) is 132 Å². The molecular weight excluding hydrogens is 532 g/mol. The quantitative estimate of drug-likeness (QED) is 0.179. The fourth-order valence-corrected chi connectivity index (χ4v) is 4.71. The Morgan fingerprint density at radius 1 is 1.05 bits per heavy atom. The standard InChI is InChI=1S/C29H28N4O3.C4H8O2/c1-18-14-22-9-8-20(18)12-13-36-29(35)33-23-6-2-4-19(15-23)17-31-28(34)27(22)32-24-10-11-25-21(16-24)5-3-7-26(25)30;1-3-6-4(2)5/h2-11,14-16,27,32H,12-13,17,30H2,1H3,(H,31,34)(H,33,35);3H2,1-2H3. The average molecular weight is 569 g/mol. The molecule has 0 radical (unpaired) electrons. The second kappa shape index (κ2) is 14.0. The molecule has 1 unspecified atom stereocenters. The van der Waals surface area contributed by atoms with Crippen molar-refractivity contribution in [3.05, 3.63) is 101 Å². The summed E-state index contributed by atoms with van der Waals surface area (Å²) in [5.74, 6) is -0.364. The maximum atomic E-state index is 13.5. The average Bonchev–Trinajstić information content (AvgIpc) is 2.95. The van der Waals surface area contributed by atoms with Crippen molar-refractivity contribution in [2.45, 2.75) is 39.8 Å². The van der Waals surface area contributed by atoms with Crippen molar-refractivity contribution < 1.29 is 23.9 Å². The third kappa shape index (κ3) is 8.00. The van der Waals surface area contributed by atoms with Gasteiger partial charge in [0.25, 0.3) is 0 Å². The molecule has 4 bridgehead atoms. The normalized spacial score (nSPS) is 15.0. The zero-order valence-corrected chi connectivity index (χ0v) is 24.0. The molecule has 0 aromatic heterocycles. The number of rotatable bonds is 3. The number of nitrogen functional groups attached to an aromatic ring is 1. The molecule has 2 amide bonds. The molecule has 5 N–H and O–H groups in total. The van der Waals surface area contributed by atoms with Crippen LogP contribution in [0.1, 0.15) is 42.1 Å². The molecule has 0 saturated heterocycles. The van der Waals surface area contributed by atoms with E-state index in [1.165, 1.54) is 6.92 Å². The Bertz CT molecular complexity index is 1590. The highest BCUT2D eigenvalue weighted by Gasteiger charge is 2.22. The second-order valence-electron chi connectivity index (χ2n) is 9.90. The summed E-state index contributed by atoms with van der Waals surface area (Å²) in [6.07, 6.45) is 0.0784. The predicted octanol–water partition coefficient (Wildman–Crippen LogP) is 5.87. The molecule has 0 fully saturated rings. The number of hydrogen-bond donors (Lipinski definition) is 4. The number of amides is 2. The van der Waals surface area contributed by atoms with Crippen LogP contribution in [0.25, 0.3) is 10.8 Å². The molecule has 1 atom stereocenters. The summed E-state index contributed by atoms with van der Waals surface area (Å²) in [5.41, 5.74) is 12.1. The van der Waals surface area contributed by atoms with Gasteiger partial charge in [0.15, 0.2) is 0 Å². The van der Waals surface area contributed by atoms with Gasteiger partial charge in [-0.3, -0.25) is 14.9 Å². The fourth-order valence-electron chi connectivity index (χ4n) is 4.71. The lowest BCUT2D eigenvalue weighted by Gasteiger charge is -2.22. The number of fused-ring (bicyclic) bond motifs is 10. The van der Waals surface area contributed by atoms with Gasteiger partial charge in [-0.2, -0.15) is 0 Å². The molecule has 0 saturated carbocycles. The number of aryl methyl sites for hydroxylation is 1. The van der Waals surface area contributed by atoms with Gasteiger partial charge in [-0.25, -0.2) is 4.79 Å². The summed E-state index contributed by atoms with van der Waals surface area (Å²) >= 11 is 0. The number of nitrogens with one attached hydrogen (secondary N) is 3. The molecular formula is C33H36N4O5. The Kier molecular flexibility index (Phi) is 9.99. The van der Waals surface area contributed by atoms with E-state index < -0.39 is 12.1 Å². The van der Waals surface area contributed by atoms with Gasteiger partial charge < -0.3 is 25.8 Å². The molecule has 0 aliphatic carbocycles. The lowest BCUT2D eigenvalue weighted by molar-refractivity contribution is -0.140. The maximum Gasteiger partial charge on any atom is 0.411 e. The van der Waals surface area contributed by atoms with Crippen LogP contribution < -0.4 is 21.7 Å². The number of hydrogen-bond acceptors (Lipinski definition) is 7. The molecule has 0 spiro atoms. The highest BCUT2D eigenvalue weighted by Crippen LogP contribution is 2.28. The van der Waals surface area contributed by atoms with E-state index >= 15 is 0 Å². The van der Waals surface area contributed by atoms with Gasteiger partial charge in [0.05, 0.1) is 13.2 Å². The number of ether oxygens (including phenoxy) is 2. The molecule has 4 aromatic rings. The van der Waals surface area contributed by atoms with Crippen LogP contribution in [0.5, 0.6) is 0 Å². The minimum Gasteiger partial charge on any atom is -0.466 e. The first-order valence-electron chi connectivity index (χ1n) is 13.8. The second-order valence-corrected chi connectivity index (χ2v) is 9.90. The van der Waals surface area contributed by atoms with Crippen molar-refractivity contribution in [1.82, 2.24) is 5.32 Å². The van der Waals surface area contributed by atoms with E-state index in [0.29, 0.717) is 25.3 Å². The Balaban J connectivity index is 0.000000612. The molecule has 2 aliphatic heterocycles. The Morgan fingerprint density at radius 2 is 1.86 bits per heavy atom. The van der Waals surface area contributed by atoms with E-state index in [-0.39, 0.29) is 18.5 Å². The Hall–Kier alpha value is -5.05. The van der Waals surface area contributed by atoms with E-state index in [4.69, 9.17) is 10.5 Å². The van der Waals surface area contributed by atoms with Crippen LogP contribution in [0.3, 0.4) is 0 Å².